The highest BCUT2D eigenvalue weighted by Gasteiger charge is 2.44. The Bertz CT molecular complexity index is 941. The summed E-state index contributed by atoms with van der Waals surface area (Å²) in [5.74, 6) is -3.62. The number of carbonyl (C=O) groups is 6. The molecule has 13 heteroatoms. The molecule has 1 rings (SSSR count). The second-order valence-corrected chi connectivity index (χ2v) is 11.7. The largest absolute Gasteiger partial charge is 0.478 e. The van der Waals surface area contributed by atoms with Crippen LogP contribution in [-0.4, -0.2) is 92.8 Å². The Morgan fingerprint density at radius 3 is 1.79 bits per heavy atom. The number of carboxylic acids is 1. The third-order valence-electron chi connectivity index (χ3n) is 4.56. The summed E-state index contributed by atoms with van der Waals surface area (Å²) in [6.45, 7) is 13.7. The number of carboxylic acid groups (broad SMARTS) is 1. The fourth-order valence-corrected chi connectivity index (χ4v) is 3.33. The fraction of sp³-hybridized carbons (Fsp3) is 0.680. The molecule has 1 fully saturated rings. The number of hydrogen-bond donors (Lipinski definition) is 2. The van der Waals surface area contributed by atoms with Gasteiger partial charge in [0.25, 0.3) is 0 Å². The molecule has 1 saturated heterocycles. The van der Waals surface area contributed by atoms with E-state index in [0.29, 0.717) is 11.0 Å². The van der Waals surface area contributed by atoms with Crippen LogP contribution in [0.15, 0.2) is 12.2 Å². The van der Waals surface area contributed by atoms with Crippen molar-refractivity contribution in [1.82, 2.24) is 15.1 Å². The summed E-state index contributed by atoms with van der Waals surface area (Å²) in [5.41, 5.74) is -2.75. The minimum atomic E-state index is -1.35. The Kier molecular flexibility index (Phi) is 10.5. The lowest BCUT2D eigenvalue weighted by Gasteiger charge is -2.32. The van der Waals surface area contributed by atoms with Gasteiger partial charge in [0.1, 0.15) is 29.4 Å². The number of amides is 4. The number of esters is 1. The number of ether oxygens (including phenoxy) is 3. The Morgan fingerprint density at radius 2 is 1.37 bits per heavy atom. The number of nitrogens with zero attached hydrogens (tertiary/aromatic N) is 2. The molecule has 2 atom stereocenters. The summed E-state index contributed by atoms with van der Waals surface area (Å²) < 4.78 is 16.0. The highest BCUT2D eigenvalue weighted by molar-refractivity contribution is 5.98. The third-order valence-corrected chi connectivity index (χ3v) is 4.56. The number of aliphatic carboxylic acids is 1. The average molecular weight is 542 g/mol. The van der Waals surface area contributed by atoms with Crippen LogP contribution in [0.2, 0.25) is 0 Å². The summed E-state index contributed by atoms with van der Waals surface area (Å²) in [6.07, 6.45) is -0.788. The second kappa shape index (κ2) is 12.3. The van der Waals surface area contributed by atoms with Gasteiger partial charge in [-0.05, 0) is 68.7 Å². The molecule has 2 N–H and O–H groups in total. The molecule has 13 nitrogen and oxygen atoms in total. The maximum absolute atomic E-state index is 13.2. The summed E-state index contributed by atoms with van der Waals surface area (Å²) in [6, 6.07) is -2.09. The van der Waals surface area contributed by atoms with Gasteiger partial charge in [0.2, 0.25) is 11.8 Å². The summed E-state index contributed by atoms with van der Waals surface area (Å²) in [5, 5.41) is 11.1. The summed E-state index contributed by atoms with van der Waals surface area (Å²) in [7, 11) is 0. The van der Waals surface area contributed by atoms with E-state index in [1.54, 1.807) is 62.3 Å². The van der Waals surface area contributed by atoms with Crippen LogP contribution in [-0.2, 0) is 33.4 Å². The van der Waals surface area contributed by atoms with Crippen molar-refractivity contribution >= 4 is 35.9 Å². The van der Waals surface area contributed by atoms with Crippen LogP contribution in [0.1, 0.15) is 68.7 Å². The van der Waals surface area contributed by atoms with Crippen molar-refractivity contribution in [3.63, 3.8) is 0 Å². The zero-order valence-electron chi connectivity index (χ0n) is 23.4. The van der Waals surface area contributed by atoms with Crippen molar-refractivity contribution in [2.24, 2.45) is 0 Å². The van der Waals surface area contributed by atoms with E-state index in [-0.39, 0.29) is 6.42 Å². The molecule has 0 saturated carbocycles. The lowest BCUT2D eigenvalue weighted by atomic mass is 10.1. The van der Waals surface area contributed by atoms with Crippen molar-refractivity contribution in [1.29, 1.82) is 0 Å². The van der Waals surface area contributed by atoms with Gasteiger partial charge in [-0.15, -0.1) is 0 Å². The van der Waals surface area contributed by atoms with E-state index in [4.69, 9.17) is 19.3 Å². The van der Waals surface area contributed by atoms with E-state index in [1.165, 1.54) is 0 Å². The predicted molar refractivity (Wildman–Crippen MR) is 134 cm³/mol. The van der Waals surface area contributed by atoms with Crippen LogP contribution in [0.3, 0.4) is 0 Å². The molecule has 2 unspecified atom stereocenters. The van der Waals surface area contributed by atoms with Gasteiger partial charge in [-0.1, -0.05) is 0 Å². The maximum Gasteiger partial charge on any atom is 0.419 e. The van der Waals surface area contributed by atoms with E-state index >= 15 is 0 Å². The van der Waals surface area contributed by atoms with Crippen LogP contribution < -0.4 is 5.32 Å². The molecule has 0 bridgehead atoms. The molecule has 1 aliphatic rings. The number of hydrogen-bond acceptors (Lipinski definition) is 9. The molecule has 0 spiro atoms. The molecule has 1 heterocycles. The van der Waals surface area contributed by atoms with Gasteiger partial charge in [0.05, 0.1) is 12.6 Å². The molecule has 0 aromatic carbocycles. The minimum Gasteiger partial charge on any atom is -0.478 e. The van der Waals surface area contributed by atoms with Gasteiger partial charge in [-0.25, -0.2) is 19.3 Å². The first-order valence-electron chi connectivity index (χ1n) is 12.1. The Labute approximate surface area is 222 Å². The smallest absolute Gasteiger partial charge is 0.419 e. The first-order chi connectivity index (χ1) is 17.1. The van der Waals surface area contributed by atoms with Gasteiger partial charge < -0.3 is 29.5 Å². The molecule has 38 heavy (non-hydrogen) atoms. The Morgan fingerprint density at radius 1 is 0.895 bits per heavy atom. The standard InChI is InChI=1S/C25H39N3O10/c1-23(2,3)36-19(32)14-27-15(12-16(20(27)33)26-17(29)10-11-18(30)31)13-28(21(34)37-24(4,5)6)22(35)38-25(7,8)9/h10-11,15-16H,12-14H2,1-9H3,(H,26,29)(H,30,31). The van der Waals surface area contributed by atoms with E-state index < -0.39 is 77.9 Å². The zero-order chi connectivity index (χ0) is 29.6. The normalized spacial score (nSPS) is 18.2. The number of carbonyl (C=O) groups excluding carboxylic acids is 5. The van der Waals surface area contributed by atoms with Crippen molar-refractivity contribution in [2.45, 2.75) is 97.6 Å². The monoisotopic (exact) mass is 541 g/mol. The van der Waals surface area contributed by atoms with E-state index in [2.05, 4.69) is 5.32 Å². The van der Waals surface area contributed by atoms with Crippen LogP contribution >= 0.6 is 0 Å². The van der Waals surface area contributed by atoms with E-state index in [0.717, 1.165) is 11.0 Å². The lowest BCUT2D eigenvalue weighted by molar-refractivity contribution is -0.159. The van der Waals surface area contributed by atoms with Crippen LogP contribution in [0.4, 0.5) is 9.59 Å². The van der Waals surface area contributed by atoms with Gasteiger partial charge in [0.15, 0.2) is 0 Å². The van der Waals surface area contributed by atoms with Crippen LogP contribution in [0.5, 0.6) is 0 Å². The van der Waals surface area contributed by atoms with Crippen molar-refractivity contribution in [2.75, 3.05) is 13.1 Å². The Balaban J connectivity index is 3.31. The molecule has 0 radical (unpaired) electrons. The number of likely N-dealkylation sites (tertiary alicyclic amines) is 1. The molecule has 4 amide bonds. The summed E-state index contributed by atoms with van der Waals surface area (Å²) in [4.78, 5) is 76.3. The SMILES string of the molecule is CC(C)(C)OC(=O)CN1C(=O)C(NC(=O)C=CC(=O)O)CC1CN(C(=O)OC(C)(C)C)C(=O)OC(C)(C)C. The molecule has 0 aliphatic carbocycles. The molecule has 214 valence electrons. The quantitative estimate of drug-likeness (QED) is 0.277. The highest BCUT2D eigenvalue weighted by Crippen LogP contribution is 2.24. The number of nitrogens with one attached hydrogen (secondary N) is 1. The second-order valence-electron chi connectivity index (χ2n) is 11.7. The summed E-state index contributed by atoms with van der Waals surface area (Å²) >= 11 is 0. The zero-order valence-corrected chi connectivity index (χ0v) is 23.4. The first-order valence-corrected chi connectivity index (χ1v) is 12.1. The molecule has 0 aromatic rings. The molecular weight excluding hydrogens is 502 g/mol. The van der Waals surface area contributed by atoms with Crippen molar-refractivity contribution in [3.05, 3.63) is 12.2 Å². The maximum atomic E-state index is 13.2. The van der Waals surface area contributed by atoms with Crippen LogP contribution in [0.25, 0.3) is 0 Å². The number of imide groups is 1. The van der Waals surface area contributed by atoms with Crippen LogP contribution in [0, 0.1) is 0 Å². The van der Waals surface area contributed by atoms with Crippen molar-refractivity contribution < 1.29 is 48.1 Å². The van der Waals surface area contributed by atoms with Gasteiger partial charge in [-0.2, -0.15) is 0 Å². The fourth-order valence-electron chi connectivity index (χ4n) is 3.33. The van der Waals surface area contributed by atoms with E-state index in [1.807, 2.05) is 0 Å². The van der Waals surface area contributed by atoms with E-state index in [9.17, 15) is 28.8 Å². The molecular formula is C25H39N3O10. The predicted octanol–water partition coefficient (Wildman–Crippen LogP) is 2.23. The number of rotatable bonds is 7. The van der Waals surface area contributed by atoms with Crippen molar-refractivity contribution in [3.8, 4) is 0 Å². The minimum absolute atomic E-state index is 0.101. The average Bonchev–Trinajstić information content (AvgIpc) is 2.94. The lowest BCUT2D eigenvalue weighted by Crippen LogP contribution is -2.51. The molecule has 0 aromatic heterocycles. The highest BCUT2D eigenvalue weighted by atomic mass is 16.6. The molecule has 1 aliphatic heterocycles. The van der Waals surface area contributed by atoms with Gasteiger partial charge >= 0.3 is 24.1 Å². The van der Waals surface area contributed by atoms with Gasteiger partial charge in [-0.3, -0.25) is 14.4 Å². The topological polar surface area (TPSA) is 169 Å². The van der Waals surface area contributed by atoms with Gasteiger partial charge in [0, 0.05) is 12.2 Å². The Hall–Kier alpha value is -3.64. The first kappa shape index (κ1) is 32.4. The third kappa shape index (κ3) is 11.6.